The Labute approximate surface area is 127 Å². The summed E-state index contributed by atoms with van der Waals surface area (Å²) < 4.78 is 4.96. The van der Waals surface area contributed by atoms with Crippen molar-refractivity contribution in [3.63, 3.8) is 0 Å². The summed E-state index contributed by atoms with van der Waals surface area (Å²) in [5, 5.41) is 0. The lowest BCUT2D eigenvalue weighted by Crippen LogP contribution is -2.42. The highest BCUT2D eigenvalue weighted by atomic mass is 16.5. The van der Waals surface area contributed by atoms with Crippen LogP contribution in [-0.4, -0.2) is 36.5 Å². The Morgan fingerprint density at radius 3 is 2.19 bits per heavy atom. The van der Waals surface area contributed by atoms with Gasteiger partial charge in [-0.2, -0.15) is 0 Å². The topological polar surface area (TPSA) is 46.6 Å². The van der Waals surface area contributed by atoms with Crippen LogP contribution in [-0.2, 0) is 20.7 Å². The third-order valence-electron chi connectivity index (χ3n) is 3.77. The molecule has 1 amide bonds. The van der Waals surface area contributed by atoms with Crippen molar-refractivity contribution in [2.45, 2.75) is 47.1 Å². The van der Waals surface area contributed by atoms with Gasteiger partial charge in [0.05, 0.1) is 13.0 Å². The van der Waals surface area contributed by atoms with Gasteiger partial charge in [-0.15, -0.1) is 0 Å². The number of likely N-dealkylation sites (N-methyl/N-ethyl adjacent to an activating group) is 1. The zero-order valence-electron chi connectivity index (χ0n) is 13.8. The minimum atomic E-state index is -0.566. The highest BCUT2D eigenvalue weighted by Gasteiger charge is 2.24. The third-order valence-corrected chi connectivity index (χ3v) is 3.77. The average Bonchev–Trinajstić information content (AvgIpc) is 2.41. The molecule has 0 bridgehead atoms. The van der Waals surface area contributed by atoms with Gasteiger partial charge in [-0.3, -0.25) is 4.79 Å². The normalized spacial score (nSPS) is 11.9. The van der Waals surface area contributed by atoms with Crippen molar-refractivity contribution in [3.8, 4) is 0 Å². The standard InChI is InChI=1S/C17H25NO3/c1-7-21-17(20)14(5)18(6)16(19)10-15-12(3)8-11(2)9-13(15)4/h8-9,14H,7,10H2,1-6H3/t14-/m0/s1. The van der Waals surface area contributed by atoms with E-state index in [4.69, 9.17) is 4.74 Å². The quantitative estimate of drug-likeness (QED) is 0.783. The van der Waals surface area contributed by atoms with Crippen molar-refractivity contribution >= 4 is 11.9 Å². The maximum absolute atomic E-state index is 12.4. The van der Waals surface area contributed by atoms with E-state index in [1.165, 1.54) is 10.5 Å². The molecule has 1 aromatic rings. The predicted molar refractivity (Wildman–Crippen MR) is 83.2 cm³/mol. The maximum atomic E-state index is 12.4. The second-order valence-corrected chi connectivity index (χ2v) is 5.49. The van der Waals surface area contributed by atoms with Crippen molar-refractivity contribution in [3.05, 3.63) is 34.4 Å². The van der Waals surface area contributed by atoms with Gasteiger partial charge in [0.1, 0.15) is 6.04 Å². The van der Waals surface area contributed by atoms with Crippen molar-refractivity contribution in [2.24, 2.45) is 0 Å². The first-order chi connectivity index (χ1) is 9.77. The molecule has 0 radical (unpaired) electrons. The molecule has 0 aliphatic rings. The monoisotopic (exact) mass is 291 g/mol. The van der Waals surface area contributed by atoms with E-state index in [1.807, 2.05) is 20.8 Å². The fourth-order valence-corrected chi connectivity index (χ4v) is 2.40. The molecule has 0 heterocycles. The zero-order valence-corrected chi connectivity index (χ0v) is 13.8. The Hall–Kier alpha value is -1.84. The van der Waals surface area contributed by atoms with Gasteiger partial charge in [0.25, 0.3) is 0 Å². The molecule has 1 atom stereocenters. The molecule has 0 spiro atoms. The number of ether oxygens (including phenoxy) is 1. The molecule has 21 heavy (non-hydrogen) atoms. The number of carbonyl (C=O) groups excluding carboxylic acids is 2. The van der Waals surface area contributed by atoms with Gasteiger partial charge in [-0.05, 0) is 51.3 Å². The van der Waals surface area contributed by atoms with Crippen LogP contribution >= 0.6 is 0 Å². The summed E-state index contributed by atoms with van der Waals surface area (Å²) >= 11 is 0. The first kappa shape index (κ1) is 17.2. The molecule has 1 rings (SSSR count). The van der Waals surface area contributed by atoms with Crippen LogP contribution in [0.2, 0.25) is 0 Å². The Morgan fingerprint density at radius 2 is 1.71 bits per heavy atom. The van der Waals surface area contributed by atoms with Gasteiger partial charge in [-0.1, -0.05) is 17.7 Å². The van der Waals surface area contributed by atoms with E-state index in [1.54, 1.807) is 20.9 Å². The summed E-state index contributed by atoms with van der Waals surface area (Å²) in [7, 11) is 1.64. The molecular weight excluding hydrogens is 266 g/mol. The summed E-state index contributed by atoms with van der Waals surface area (Å²) in [5.41, 5.74) is 4.44. The molecule has 1 aromatic carbocycles. The number of aryl methyl sites for hydroxylation is 3. The molecule has 0 saturated carbocycles. The highest BCUT2D eigenvalue weighted by Crippen LogP contribution is 2.18. The fraction of sp³-hybridized carbons (Fsp3) is 0.529. The predicted octanol–water partition coefficient (Wildman–Crippen LogP) is 2.56. The number of esters is 1. The molecule has 0 unspecified atom stereocenters. The van der Waals surface area contributed by atoms with Crippen LogP contribution in [0, 0.1) is 20.8 Å². The minimum Gasteiger partial charge on any atom is -0.464 e. The minimum absolute atomic E-state index is 0.0781. The number of amides is 1. The summed E-state index contributed by atoms with van der Waals surface area (Å²) in [6.45, 7) is 9.83. The first-order valence-electron chi connectivity index (χ1n) is 7.27. The molecule has 4 nitrogen and oxygen atoms in total. The molecule has 0 aromatic heterocycles. The number of benzene rings is 1. The number of nitrogens with zero attached hydrogens (tertiary/aromatic N) is 1. The summed E-state index contributed by atoms with van der Waals surface area (Å²) in [6.07, 6.45) is 0.304. The van der Waals surface area contributed by atoms with Crippen LogP contribution in [0.25, 0.3) is 0 Å². The highest BCUT2D eigenvalue weighted by molar-refractivity contribution is 5.85. The van der Waals surface area contributed by atoms with Gasteiger partial charge in [0, 0.05) is 7.05 Å². The van der Waals surface area contributed by atoms with Crippen LogP contribution in [0.3, 0.4) is 0 Å². The van der Waals surface area contributed by atoms with Crippen LogP contribution < -0.4 is 0 Å². The van der Waals surface area contributed by atoms with Gasteiger partial charge in [-0.25, -0.2) is 4.79 Å². The SMILES string of the molecule is CCOC(=O)[C@H](C)N(C)C(=O)Cc1c(C)cc(C)cc1C. The lowest BCUT2D eigenvalue weighted by Gasteiger charge is -2.24. The third kappa shape index (κ3) is 4.31. The van der Waals surface area contributed by atoms with E-state index in [-0.39, 0.29) is 11.9 Å². The molecule has 0 aliphatic heterocycles. The number of rotatable bonds is 5. The maximum Gasteiger partial charge on any atom is 0.328 e. The van der Waals surface area contributed by atoms with Gasteiger partial charge in [0.15, 0.2) is 0 Å². The van der Waals surface area contributed by atoms with Crippen molar-refractivity contribution in [2.75, 3.05) is 13.7 Å². The summed E-state index contributed by atoms with van der Waals surface area (Å²) in [6, 6.07) is 3.58. The molecule has 0 saturated heterocycles. The van der Waals surface area contributed by atoms with E-state index in [0.29, 0.717) is 13.0 Å². The van der Waals surface area contributed by atoms with Crippen LogP contribution in [0.1, 0.15) is 36.1 Å². The Balaban J connectivity index is 2.84. The molecular formula is C17H25NO3. The van der Waals surface area contributed by atoms with E-state index >= 15 is 0 Å². The molecule has 0 aliphatic carbocycles. The average molecular weight is 291 g/mol. The van der Waals surface area contributed by atoms with Crippen molar-refractivity contribution in [1.82, 2.24) is 4.90 Å². The Morgan fingerprint density at radius 1 is 1.19 bits per heavy atom. The summed E-state index contributed by atoms with van der Waals surface area (Å²) in [5.74, 6) is -0.448. The molecule has 116 valence electrons. The van der Waals surface area contributed by atoms with E-state index in [2.05, 4.69) is 12.1 Å². The second kappa shape index (κ2) is 7.25. The van der Waals surface area contributed by atoms with Gasteiger partial charge in [0.2, 0.25) is 5.91 Å². The Bertz CT molecular complexity index is 514. The lowest BCUT2D eigenvalue weighted by atomic mass is 9.97. The van der Waals surface area contributed by atoms with E-state index in [9.17, 15) is 9.59 Å². The molecule has 0 N–H and O–H groups in total. The number of carbonyl (C=O) groups is 2. The second-order valence-electron chi connectivity index (χ2n) is 5.49. The van der Waals surface area contributed by atoms with Crippen LogP contribution in [0.15, 0.2) is 12.1 Å². The zero-order chi connectivity index (χ0) is 16.2. The largest absolute Gasteiger partial charge is 0.464 e. The van der Waals surface area contributed by atoms with Crippen molar-refractivity contribution < 1.29 is 14.3 Å². The molecule has 0 fully saturated rings. The van der Waals surface area contributed by atoms with Crippen LogP contribution in [0.5, 0.6) is 0 Å². The van der Waals surface area contributed by atoms with E-state index < -0.39 is 6.04 Å². The number of hydrogen-bond donors (Lipinski definition) is 0. The van der Waals surface area contributed by atoms with Crippen LogP contribution in [0.4, 0.5) is 0 Å². The first-order valence-corrected chi connectivity index (χ1v) is 7.27. The number of hydrogen-bond acceptors (Lipinski definition) is 3. The Kier molecular flexibility index (Phi) is 5.94. The lowest BCUT2D eigenvalue weighted by molar-refractivity contribution is -0.152. The van der Waals surface area contributed by atoms with Gasteiger partial charge < -0.3 is 9.64 Å². The van der Waals surface area contributed by atoms with Gasteiger partial charge >= 0.3 is 5.97 Å². The van der Waals surface area contributed by atoms with Crippen molar-refractivity contribution in [1.29, 1.82) is 0 Å². The fourth-order valence-electron chi connectivity index (χ4n) is 2.40. The van der Waals surface area contributed by atoms with E-state index in [0.717, 1.165) is 16.7 Å². The summed E-state index contributed by atoms with van der Waals surface area (Å²) in [4.78, 5) is 25.5. The smallest absolute Gasteiger partial charge is 0.328 e. The molecule has 4 heteroatoms.